The molecule has 2 aromatic carbocycles. The monoisotopic (exact) mass is 409 g/mol. The zero-order valence-corrected chi connectivity index (χ0v) is 17.3. The van der Waals surface area contributed by atoms with Gasteiger partial charge in [0, 0.05) is 37.6 Å². The maximum atomic E-state index is 12.3. The van der Waals surface area contributed by atoms with Gasteiger partial charge in [0.15, 0.2) is 4.96 Å². The lowest BCUT2D eigenvalue weighted by molar-refractivity contribution is 0.0949. The molecule has 2 heterocycles. The van der Waals surface area contributed by atoms with Gasteiger partial charge in [0.1, 0.15) is 5.75 Å². The minimum atomic E-state index is -0.0656. The van der Waals surface area contributed by atoms with Gasteiger partial charge in [0.25, 0.3) is 5.91 Å². The third-order valence-corrected chi connectivity index (χ3v) is 5.65. The Hall–Kier alpha value is -2.90. The summed E-state index contributed by atoms with van der Waals surface area (Å²) in [6.07, 6.45) is 2.83. The minimum absolute atomic E-state index is 0.0656. The quantitative estimate of drug-likeness (QED) is 0.439. The molecule has 1 amide bonds. The van der Waals surface area contributed by atoms with Crippen LogP contribution in [0.25, 0.3) is 26.4 Å². The summed E-state index contributed by atoms with van der Waals surface area (Å²) in [5, 5.41) is 2.92. The van der Waals surface area contributed by atoms with Crippen LogP contribution in [0.4, 0.5) is 0 Å². The van der Waals surface area contributed by atoms with Crippen molar-refractivity contribution in [3.8, 4) is 17.0 Å². The number of amides is 1. The Labute approximate surface area is 173 Å². The molecule has 0 bridgehead atoms. The summed E-state index contributed by atoms with van der Waals surface area (Å²) in [7, 11) is 1.66. The number of nitrogens with one attached hydrogen (secondary N) is 1. The van der Waals surface area contributed by atoms with E-state index >= 15 is 0 Å². The number of fused-ring (bicyclic) bond motifs is 3. The van der Waals surface area contributed by atoms with Gasteiger partial charge in [-0.25, -0.2) is 4.98 Å². The maximum Gasteiger partial charge on any atom is 0.251 e. The highest BCUT2D eigenvalue weighted by Gasteiger charge is 2.13. The third-order valence-electron chi connectivity index (χ3n) is 4.63. The van der Waals surface area contributed by atoms with E-state index in [1.54, 1.807) is 18.4 Å². The van der Waals surface area contributed by atoms with Crippen molar-refractivity contribution in [2.75, 3.05) is 26.9 Å². The molecular weight excluding hydrogens is 386 g/mol. The fourth-order valence-electron chi connectivity index (χ4n) is 3.19. The molecule has 6 nitrogen and oxygen atoms in total. The van der Waals surface area contributed by atoms with Gasteiger partial charge in [-0.05, 0) is 55.8 Å². The van der Waals surface area contributed by atoms with Crippen LogP contribution >= 0.6 is 11.3 Å². The first-order chi connectivity index (χ1) is 14.2. The van der Waals surface area contributed by atoms with Crippen LogP contribution in [0.5, 0.6) is 5.75 Å². The Kier molecular flexibility index (Phi) is 5.78. The SMILES string of the molecule is CCOc1ccc(-c2cn3c(n2)sc2cc(C(=O)NCCCOC)ccc23)cc1. The second-order valence-corrected chi connectivity index (χ2v) is 7.63. The number of carbonyl (C=O) groups excluding carboxylic acids is 1. The Morgan fingerprint density at radius 2 is 2.03 bits per heavy atom. The fraction of sp³-hybridized carbons (Fsp3) is 0.273. The van der Waals surface area contributed by atoms with Crippen LogP contribution in [0.3, 0.4) is 0 Å². The number of methoxy groups -OCH3 is 1. The van der Waals surface area contributed by atoms with Crippen molar-refractivity contribution in [1.82, 2.24) is 14.7 Å². The summed E-state index contributed by atoms with van der Waals surface area (Å²) >= 11 is 1.58. The van der Waals surface area contributed by atoms with Gasteiger partial charge in [-0.2, -0.15) is 0 Å². The van der Waals surface area contributed by atoms with Gasteiger partial charge in [-0.1, -0.05) is 11.3 Å². The summed E-state index contributed by atoms with van der Waals surface area (Å²) in [6.45, 7) is 3.86. The van der Waals surface area contributed by atoms with Gasteiger partial charge in [-0.3, -0.25) is 9.20 Å². The molecule has 0 saturated heterocycles. The van der Waals surface area contributed by atoms with E-state index in [2.05, 4.69) is 9.72 Å². The van der Waals surface area contributed by atoms with Crippen molar-refractivity contribution < 1.29 is 14.3 Å². The van der Waals surface area contributed by atoms with Gasteiger partial charge in [0.2, 0.25) is 0 Å². The van der Waals surface area contributed by atoms with Crippen LogP contribution in [-0.4, -0.2) is 42.2 Å². The highest BCUT2D eigenvalue weighted by atomic mass is 32.1. The predicted octanol–water partition coefficient (Wildman–Crippen LogP) is 4.38. The number of ether oxygens (including phenoxy) is 2. The van der Waals surface area contributed by atoms with Crippen LogP contribution in [-0.2, 0) is 4.74 Å². The van der Waals surface area contributed by atoms with Crippen LogP contribution < -0.4 is 10.1 Å². The molecule has 29 heavy (non-hydrogen) atoms. The highest BCUT2D eigenvalue weighted by Crippen LogP contribution is 2.30. The van der Waals surface area contributed by atoms with Crippen molar-refractivity contribution in [1.29, 1.82) is 0 Å². The summed E-state index contributed by atoms with van der Waals surface area (Å²) in [6, 6.07) is 13.7. The Balaban J connectivity index is 1.56. The molecule has 0 aliphatic carbocycles. The number of benzene rings is 2. The van der Waals surface area contributed by atoms with Crippen molar-refractivity contribution in [3.05, 3.63) is 54.2 Å². The smallest absolute Gasteiger partial charge is 0.251 e. The lowest BCUT2D eigenvalue weighted by atomic mass is 10.1. The lowest BCUT2D eigenvalue weighted by Gasteiger charge is -2.05. The van der Waals surface area contributed by atoms with E-state index in [0.717, 1.165) is 38.6 Å². The van der Waals surface area contributed by atoms with E-state index in [9.17, 15) is 4.79 Å². The van der Waals surface area contributed by atoms with Gasteiger partial charge >= 0.3 is 0 Å². The van der Waals surface area contributed by atoms with E-state index < -0.39 is 0 Å². The molecule has 2 aromatic heterocycles. The standard InChI is InChI=1S/C22H23N3O3S/c1-3-28-17-8-5-15(6-9-17)18-14-25-19-10-7-16(13-20(19)29-22(25)24-18)21(26)23-11-4-12-27-2/h5-10,13-14H,3-4,11-12H2,1-2H3,(H,23,26). The molecule has 0 atom stereocenters. The lowest BCUT2D eigenvalue weighted by Crippen LogP contribution is -2.25. The largest absolute Gasteiger partial charge is 0.494 e. The van der Waals surface area contributed by atoms with Crippen molar-refractivity contribution in [3.63, 3.8) is 0 Å². The van der Waals surface area contributed by atoms with E-state index in [1.807, 2.05) is 55.6 Å². The van der Waals surface area contributed by atoms with Crippen molar-refractivity contribution in [2.24, 2.45) is 0 Å². The van der Waals surface area contributed by atoms with E-state index in [0.29, 0.717) is 25.3 Å². The van der Waals surface area contributed by atoms with Gasteiger partial charge in [-0.15, -0.1) is 0 Å². The zero-order valence-electron chi connectivity index (χ0n) is 16.5. The summed E-state index contributed by atoms with van der Waals surface area (Å²) in [5.74, 6) is 0.792. The molecule has 1 N–H and O–H groups in total. The molecule has 0 unspecified atom stereocenters. The minimum Gasteiger partial charge on any atom is -0.494 e. The summed E-state index contributed by atoms with van der Waals surface area (Å²) in [5.41, 5.74) is 3.67. The first-order valence-corrected chi connectivity index (χ1v) is 10.4. The molecule has 0 fully saturated rings. The average Bonchev–Trinajstić information content (AvgIpc) is 3.29. The Morgan fingerprint density at radius 1 is 1.21 bits per heavy atom. The first-order valence-electron chi connectivity index (χ1n) is 9.61. The number of nitrogens with zero attached hydrogens (tertiary/aromatic N) is 2. The molecule has 4 aromatic rings. The van der Waals surface area contributed by atoms with Crippen LogP contribution in [0.1, 0.15) is 23.7 Å². The van der Waals surface area contributed by atoms with Crippen LogP contribution in [0.15, 0.2) is 48.7 Å². The molecular formula is C22H23N3O3S. The molecule has 4 rings (SSSR count). The first kappa shape index (κ1) is 19.4. The third kappa shape index (κ3) is 4.11. The van der Waals surface area contributed by atoms with Gasteiger partial charge < -0.3 is 14.8 Å². The molecule has 0 aliphatic rings. The normalized spacial score (nSPS) is 11.2. The number of carbonyl (C=O) groups is 1. The van der Waals surface area contributed by atoms with Crippen LogP contribution in [0.2, 0.25) is 0 Å². The molecule has 0 aliphatic heterocycles. The number of thiazole rings is 1. The molecule has 7 heteroatoms. The highest BCUT2D eigenvalue weighted by molar-refractivity contribution is 7.23. The van der Waals surface area contributed by atoms with Crippen molar-refractivity contribution >= 4 is 32.4 Å². The molecule has 0 radical (unpaired) electrons. The number of aromatic nitrogens is 2. The Bertz CT molecular complexity index is 1130. The second kappa shape index (κ2) is 8.63. The van der Waals surface area contributed by atoms with Crippen LogP contribution in [0, 0.1) is 0 Å². The molecule has 0 saturated carbocycles. The number of hydrogen-bond acceptors (Lipinski definition) is 5. The molecule has 0 spiro atoms. The Morgan fingerprint density at radius 3 is 2.79 bits per heavy atom. The van der Waals surface area contributed by atoms with E-state index in [1.165, 1.54) is 0 Å². The number of rotatable bonds is 8. The maximum absolute atomic E-state index is 12.3. The van der Waals surface area contributed by atoms with Gasteiger partial charge in [0.05, 0.1) is 22.5 Å². The summed E-state index contributed by atoms with van der Waals surface area (Å²) < 4.78 is 13.6. The zero-order chi connectivity index (χ0) is 20.2. The fourth-order valence-corrected chi connectivity index (χ4v) is 4.24. The predicted molar refractivity (Wildman–Crippen MR) is 116 cm³/mol. The number of hydrogen-bond donors (Lipinski definition) is 1. The topological polar surface area (TPSA) is 64.9 Å². The average molecular weight is 410 g/mol. The summed E-state index contributed by atoms with van der Waals surface area (Å²) in [4.78, 5) is 18.0. The van der Waals surface area contributed by atoms with Crippen molar-refractivity contribution in [2.45, 2.75) is 13.3 Å². The second-order valence-electron chi connectivity index (χ2n) is 6.62. The molecule has 150 valence electrons. The van der Waals surface area contributed by atoms with E-state index in [-0.39, 0.29) is 5.91 Å². The number of imidazole rings is 1. The van der Waals surface area contributed by atoms with E-state index in [4.69, 9.17) is 14.5 Å².